The Morgan fingerprint density at radius 3 is 2.71 bits per heavy atom. The topological polar surface area (TPSA) is 64.3 Å². The lowest BCUT2D eigenvalue weighted by molar-refractivity contribution is -0.124. The van der Waals surface area contributed by atoms with Crippen LogP contribution < -0.4 is 11.1 Å². The van der Waals surface area contributed by atoms with Crippen LogP contribution >= 0.6 is 12.2 Å². The Morgan fingerprint density at radius 2 is 2.24 bits per heavy atom. The molecule has 0 aliphatic heterocycles. The quantitative estimate of drug-likeness (QED) is 0.800. The van der Waals surface area contributed by atoms with E-state index in [4.69, 9.17) is 22.7 Å². The molecule has 1 amide bonds. The number of hydrogen-bond donors (Lipinski definition) is 2. The first-order chi connectivity index (χ1) is 7.95. The zero-order valence-electron chi connectivity index (χ0n) is 9.49. The smallest absolute Gasteiger partial charge is 0.253 e. The van der Waals surface area contributed by atoms with Crippen molar-refractivity contribution in [3.05, 3.63) is 29.6 Å². The SMILES string of the molecule is COC(C)C(=O)Nc1ccc(C(N)=S)cc1F. The number of hydrogen-bond acceptors (Lipinski definition) is 3. The lowest BCUT2D eigenvalue weighted by Crippen LogP contribution is -2.27. The van der Waals surface area contributed by atoms with Gasteiger partial charge in [-0.25, -0.2) is 4.39 Å². The third kappa shape index (κ3) is 3.47. The molecule has 1 unspecified atom stereocenters. The predicted molar refractivity (Wildman–Crippen MR) is 67.4 cm³/mol. The van der Waals surface area contributed by atoms with Gasteiger partial charge in [-0.2, -0.15) is 0 Å². The third-order valence-electron chi connectivity index (χ3n) is 2.23. The number of ether oxygens (including phenoxy) is 1. The molecule has 6 heteroatoms. The van der Waals surface area contributed by atoms with Gasteiger partial charge in [-0.3, -0.25) is 4.79 Å². The number of anilines is 1. The molecule has 1 aromatic rings. The normalized spacial score (nSPS) is 11.9. The Morgan fingerprint density at radius 1 is 1.59 bits per heavy atom. The first kappa shape index (κ1) is 13.5. The number of nitrogens with two attached hydrogens (primary N) is 1. The average Bonchev–Trinajstić information content (AvgIpc) is 2.30. The molecular formula is C11H13FN2O2S. The second kappa shape index (κ2) is 5.70. The van der Waals surface area contributed by atoms with Crippen LogP contribution in [0.15, 0.2) is 18.2 Å². The van der Waals surface area contributed by atoms with Crippen molar-refractivity contribution in [3.8, 4) is 0 Å². The second-order valence-corrected chi connectivity index (χ2v) is 3.87. The lowest BCUT2D eigenvalue weighted by atomic mass is 10.2. The summed E-state index contributed by atoms with van der Waals surface area (Å²) in [5.74, 6) is -1.01. The van der Waals surface area contributed by atoms with Gasteiger partial charge >= 0.3 is 0 Å². The predicted octanol–water partition coefficient (Wildman–Crippen LogP) is 1.43. The van der Waals surface area contributed by atoms with Gasteiger partial charge in [-0.1, -0.05) is 12.2 Å². The summed E-state index contributed by atoms with van der Waals surface area (Å²) >= 11 is 4.72. The third-order valence-corrected chi connectivity index (χ3v) is 2.47. The molecule has 0 fully saturated rings. The number of carbonyl (C=O) groups excluding carboxylic acids is 1. The van der Waals surface area contributed by atoms with Gasteiger partial charge in [0.05, 0.1) is 5.69 Å². The van der Waals surface area contributed by atoms with Gasteiger partial charge in [-0.05, 0) is 25.1 Å². The van der Waals surface area contributed by atoms with Crippen LogP contribution in [0.1, 0.15) is 12.5 Å². The minimum absolute atomic E-state index is 0.0684. The molecule has 0 spiro atoms. The fraction of sp³-hybridized carbons (Fsp3) is 0.273. The Hall–Kier alpha value is -1.53. The van der Waals surface area contributed by atoms with Crippen molar-refractivity contribution in [2.24, 2.45) is 5.73 Å². The molecule has 0 heterocycles. The van der Waals surface area contributed by atoms with Crippen LogP contribution in [0.5, 0.6) is 0 Å². The number of nitrogens with one attached hydrogen (secondary N) is 1. The van der Waals surface area contributed by atoms with Crippen molar-refractivity contribution < 1.29 is 13.9 Å². The maximum absolute atomic E-state index is 13.6. The van der Waals surface area contributed by atoms with Crippen LogP contribution in [0.3, 0.4) is 0 Å². The van der Waals surface area contributed by atoms with E-state index in [2.05, 4.69) is 5.32 Å². The first-order valence-corrected chi connectivity index (χ1v) is 5.29. The number of benzene rings is 1. The van der Waals surface area contributed by atoms with Gasteiger partial charge in [0.2, 0.25) is 0 Å². The molecule has 92 valence electrons. The van der Waals surface area contributed by atoms with Gasteiger partial charge in [-0.15, -0.1) is 0 Å². The molecule has 3 N–H and O–H groups in total. The molecule has 0 bridgehead atoms. The zero-order chi connectivity index (χ0) is 13.0. The molecule has 0 saturated carbocycles. The van der Waals surface area contributed by atoms with Gasteiger partial charge in [0.1, 0.15) is 16.9 Å². The minimum atomic E-state index is -0.648. The van der Waals surface area contributed by atoms with Crippen molar-refractivity contribution in [2.75, 3.05) is 12.4 Å². The van der Waals surface area contributed by atoms with Crippen LogP contribution in [-0.4, -0.2) is 24.1 Å². The minimum Gasteiger partial charge on any atom is -0.389 e. The van der Waals surface area contributed by atoms with Crippen LogP contribution in [0.2, 0.25) is 0 Å². The molecular weight excluding hydrogens is 243 g/mol. The molecule has 1 aromatic carbocycles. The van der Waals surface area contributed by atoms with Crippen molar-refractivity contribution >= 4 is 28.8 Å². The number of methoxy groups -OCH3 is 1. The molecule has 1 rings (SSSR count). The largest absolute Gasteiger partial charge is 0.389 e. The highest BCUT2D eigenvalue weighted by Gasteiger charge is 2.14. The van der Waals surface area contributed by atoms with Gasteiger partial charge in [0.25, 0.3) is 5.91 Å². The average molecular weight is 256 g/mol. The second-order valence-electron chi connectivity index (χ2n) is 3.43. The number of thiocarbonyl (C=S) groups is 1. The van der Waals surface area contributed by atoms with E-state index in [0.717, 1.165) is 0 Å². The molecule has 1 atom stereocenters. The fourth-order valence-electron chi connectivity index (χ4n) is 1.11. The summed E-state index contributed by atoms with van der Waals surface area (Å²) in [5.41, 5.74) is 5.84. The lowest BCUT2D eigenvalue weighted by Gasteiger charge is -2.11. The molecule has 0 aliphatic rings. The fourth-order valence-corrected chi connectivity index (χ4v) is 1.24. The van der Waals surface area contributed by atoms with Crippen molar-refractivity contribution in [1.82, 2.24) is 0 Å². The van der Waals surface area contributed by atoms with Gasteiger partial charge in [0, 0.05) is 12.7 Å². The standard InChI is InChI=1S/C11H13FN2O2S/c1-6(16-2)11(15)14-9-4-3-7(10(13)17)5-8(9)12/h3-6H,1-2H3,(H2,13,17)(H,14,15). The number of carbonyl (C=O) groups is 1. The van der Waals surface area contributed by atoms with Crippen LogP contribution in [-0.2, 0) is 9.53 Å². The molecule has 17 heavy (non-hydrogen) atoms. The van der Waals surface area contributed by atoms with Crippen molar-refractivity contribution in [1.29, 1.82) is 0 Å². The highest BCUT2D eigenvalue weighted by atomic mass is 32.1. The van der Waals surface area contributed by atoms with Crippen molar-refractivity contribution in [2.45, 2.75) is 13.0 Å². The first-order valence-electron chi connectivity index (χ1n) is 4.88. The summed E-state index contributed by atoms with van der Waals surface area (Å²) in [7, 11) is 1.40. The monoisotopic (exact) mass is 256 g/mol. The molecule has 0 aliphatic carbocycles. The number of halogens is 1. The zero-order valence-corrected chi connectivity index (χ0v) is 10.3. The molecule has 0 aromatic heterocycles. The summed E-state index contributed by atoms with van der Waals surface area (Å²) in [5, 5.41) is 2.40. The van der Waals surface area contributed by atoms with E-state index in [1.54, 1.807) is 13.0 Å². The molecule has 4 nitrogen and oxygen atoms in total. The van der Waals surface area contributed by atoms with Crippen molar-refractivity contribution in [3.63, 3.8) is 0 Å². The highest BCUT2D eigenvalue weighted by Crippen LogP contribution is 2.16. The summed E-state index contributed by atoms with van der Waals surface area (Å²) in [6.45, 7) is 1.57. The van der Waals surface area contributed by atoms with E-state index in [9.17, 15) is 9.18 Å². The maximum Gasteiger partial charge on any atom is 0.253 e. The Bertz CT molecular complexity index is 451. The Kier molecular flexibility index (Phi) is 4.53. The van der Waals surface area contributed by atoms with Crippen LogP contribution in [0.4, 0.5) is 10.1 Å². The molecule has 0 saturated heterocycles. The van der Waals surface area contributed by atoms with E-state index in [1.807, 2.05) is 0 Å². The van der Waals surface area contributed by atoms with Gasteiger partial charge < -0.3 is 15.8 Å². The van der Waals surface area contributed by atoms with E-state index in [0.29, 0.717) is 5.56 Å². The summed E-state index contributed by atoms with van der Waals surface area (Å²) < 4.78 is 18.4. The van der Waals surface area contributed by atoms with Gasteiger partial charge in [0.15, 0.2) is 0 Å². The summed E-state index contributed by atoms with van der Waals surface area (Å²) in [6, 6.07) is 4.12. The van der Waals surface area contributed by atoms with E-state index >= 15 is 0 Å². The molecule has 0 radical (unpaired) electrons. The Balaban J connectivity index is 2.86. The maximum atomic E-state index is 13.6. The summed E-state index contributed by atoms with van der Waals surface area (Å²) in [4.78, 5) is 11.6. The van der Waals surface area contributed by atoms with Crippen LogP contribution in [0.25, 0.3) is 0 Å². The van der Waals surface area contributed by atoms with E-state index in [1.165, 1.54) is 19.2 Å². The van der Waals surface area contributed by atoms with E-state index < -0.39 is 17.8 Å². The highest BCUT2D eigenvalue weighted by molar-refractivity contribution is 7.80. The summed E-state index contributed by atoms with van der Waals surface area (Å²) in [6.07, 6.45) is -0.648. The number of amides is 1. The van der Waals surface area contributed by atoms with Crippen LogP contribution in [0, 0.1) is 5.82 Å². The number of rotatable bonds is 4. The Labute approximate surface area is 104 Å². The van der Waals surface area contributed by atoms with E-state index in [-0.39, 0.29) is 10.7 Å².